The number of rotatable bonds is 5. The first-order valence-corrected chi connectivity index (χ1v) is 6.23. The van der Waals surface area contributed by atoms with Crippen LogP contribution in [0.15, 0.2) is 42.5 Å². The molecule has 0 aromatic heterocycles. The number of carbonyl (C=O) groups is 2. The molecular formula is C16H13FO4. The summed E-state index contributed by atoms with van der Waals surface area (Å²) in [6, 6.07) is 10.4. The van der Waals surface area contributed by atoms with Crippen LogP contribution in [0.25, 0.3) is 0 Å². The molecule has 0 fully saturated rings. The minimum Gasteiger partial charge on any atom is -0.489 e. The number of carbonyl (C=O) groups excluding carboxylic acids is 1. The molecule has 0 aliphatic carbocycles. The van der Waals surface area contributed by atoms with Crippen molar-refractivity contribution in [1.82, 2.24) is 0 Å². The van der Waals surface area contributed by atoms with Gasteiger partial charge in [0.25, 0.3) is 0 Å². The van der Waals surface area contributed by atoms with Crippen molar-refractivity contribution < 1.29 is 23.8 Å². The van der Waals surface area contributed by atoms with Crippen molar-refractivity contribution in [3.63, 3.8) is 0 Å². The summed E-state index contributed by atoms with van der Waals surface area (Å²) in [5.41, 5.74) is 0.733. The van der Waals surface area contributed by atoms with Crippen molar-refractivity contribution in [1.29, 1.82) is 0 Å². The van der Waals surface area contributed by atoms with Gasteiger partial charge in [0.1, 0.15) is 18.2 Å². The van der Waals surface area contributed by atoms with E-state index in [1.165, 1.54) is 19.1 Å². The van der Waals surface area contributed by atoms with Gasteiger partial charge in [0.2, 0.25) is 0 Å². The number of hydrogen-bond donors (Lipinski definition) is 1. The minimum atomic E-state index is -1.31. The normalized spacial score (nSPS) is 10.2. The predicted octanol–water partition coefficient (Wildman–Crippen LogP) is 3.31. The molecule has 0 aliphatic heterocycles. The zero-order valence-electron chi connectivity index (χ0n) is 11.3. The van der Waals surface area contributed by atoms with Gasteiger partial charge in [-0.25, -0.2) is 9.18 Å². The molecule has 0 radical (unpaired) electrons. The molecule has 2 aromatic rings. The third-order valence-electron chi connectivity index (χ3n) is 2.93. The molecule has 4 nitrogen and oxygen atoms in total. The third kappa shape index (κ3) is 3.66. The number of benzene rings is 2. The van der Waals surface area contributed by atoms with Gasteiger partial charge in [0.05, 0.1) is 5.56 Å². The highest BCUT2D eigenvalue weighted by molar-refractivity contribution is 5.94. The Balaban J connectivity index is 2.04. The molecule has 2 aromatic carbocycles. The topological polar surface area (TPSA) is 63.6 Å². The SMILES string of the molecule is CC(=O)c1ccc(OCc2ccc(C(=O)O)c(F)c2)cc1. The molecule has 0 bridgehead atoms. The number of carboxylic acid groups (broad SMARTS) is 1. The van der Waals surface area contributed by atoms with Gasteiger partial charge in [-0.1, -0.05) is 6.07 Å². The molecular weight excluding hydrogens is 275 g/mol. The van der Waals surface area contributed by atoms with Crippen molar-refractivity contribution in [2.45, 2.75) is 13.5 Å². The molecule has 0 spiro atoms. The number of ether oxygens (including phenoxy) is 1. The first kappa shape index (κ1) is 14.7. The quantitative estimate of drug-likeness (QED) is 0.857. The maximum absolute atomic E-state index is 13.5. The van der Waals surface area contributed by atoms with Gasteiger partial charge in [-0.05, 0) is 48.9 Å². The van der Waals surface area contributed by atoms with Crippen LogP contribution in [0.4, 0.5) is 4.39 Å². The Kier molecular flexibility index (Phi) is 4.33. The zero-order valence-corrected chi connectivity index (χ0v) is 11.3. The highest BCUT2D eigenvalue weighted by Gasteiger charge is 2.10. The fourth-order valence-electron chi connectivity index (χ4n) is 1.77. The average Bonchev–Trinajstić information content (AvgIpc) is 2.45. The second-order valence-corrected chi connectivity index (χ2v) is 4.49. The summed E-state index contributed by atoms with van der Waals surface area (Å²) in [6.07, 6.45) is 0. The largest absolute Gasteiger partial charge is 0.489 e. The van der Waals surface area contributed by atoms with Crippen LogP contribution in [0, 0.1) is 5.82 Å². The van der Waals surface area contributed by atoms with E-state index in [0.717, 1.165) is 6.07 Å². The van der Waals surface area contributed by atoms with E-state index in [-0.39, 0.29) is 18.0 Å². The number of Topliss-reactive ketones (excluding diaryl/α,β-unsaturated/α-hetero) is 1. The van der Waals surface area contributed by atoms with Crippen LogP contribution >= 0.6 is 0 Å². The van der Waals surface area contributed by atoms with Crippen molar-refractivity contribution in [3.8, 4) is 5.75 Å². The summed E-state index contributed by atoms with van der Waals surface area (Å²) in [4.78, 5) is 21.8. The summed E-state index contributed by atoms with van der Waals surface area (Å²) in [7, 11) is 0. The monoisotopic (exact) mass is 288 g/mol. The van der Waals surface area contributed by atoms with Gasteiger partial charge in [0.15, 0.2) is 5.78 Å². The standard InChI is InChI=1S/C16H13FO4/c1-10(18)12-3-5-13(6-4-12)21-9-11-2-7-14(16(19)20)15(17)8-11/h2-8H,9H2,1H3,(H,19,20). The molecule has 0 unspecified atom stereocenters. The van der Waals surface area contributed by atoms with E-state index >= 15 is 0 Å². The van der Waals surface area contributed by atoms with E-state index in [1.54, 1.807) is 24.3 Å². The van der Waals surface area contributed by atoms with E-state index in [0.29, 0.717) is 16.9 Å². The summed E-state index contributed by atoms with van der Waals surface area (Å²) >= 11 is 0. The molecule has 0 aliphatic rings. The molecule has 0 atom stereocenters. The van der Waals surface area contributed by atoms with Crippen molar-refractivity contribution >= 4 is 11.8 Å². The van der Waals surface area contributed by atoms with Gasteiger partial charge in [-0.2, -0.15) is 0 Å². The Bertz CT molecular complexity index is 677. The molecule has 0 saturated carbocycles. The van der Waals surface area contributed by atoms with Crippen LogP contribution in [-0.2, 0) is 6.61 Å². The molecule has 0 amide bonds. The lowest BCUT2D eigenvalue weighted by Crippen LogP contribution is -2.03. The lowest BCUT2D eigenvalue weighted by molar-refractivity contribution is 0.0691. The maximum atomic E-state index is 13.5. The second-order valence-electron chi connectivity index (χ2n) is 4.49. The fraction of sp³-hybridized carbons (Fsp3) is 0.125. The Morgan fingerprint density at radius 3 is 2.33 bits per heavy atom. The lowest BCUT2D eigenvalue weighted by Gasteiger charge is -2.07. The Hall–Kier alpha value is -2.69. The predicted molar refractivity (Wildman–Crippen MR) is 74.1 cm³/mol. The first-order chi connectivity index (χ1) is 9.97. The second kappa shape index (κ2) is 6.17. The van der Waals surface area contributed by atoms with Gasteiger partial charge < -0.3 is 9.84 Å². The molecule has 5 heteroatoms. The molecule has 0 heterocycles. The van der Waals surface area contributed by atoms with E-state index in [9.17, 15) is 14.0 Å². The summed E-state index contributed by atoms with van der Waals surface area (Å²) in [6.45, 7) is 1.58. The van der Waals surface area contributed by atoms with Crippen LogP contribution < -0.4 is 4.74 Å². The minimum absolute atomic E-state index is 0.0344. The van der Waals surface area contributed by atoms with Crippen molar-refractivity contribution in [2.75, 3.05) is 0 Å². The van der Waals surface area contributed by atoms with Crippen molar-refractivity contribution in [3.05, 3.63) is 65.0 Å². The Morgan fingerprint density at radius 2 is 1.81 bits per heavy atom. The van der Waals surface area contributed by atoms with Crippen LogP contribution in [0.1, 0.15) is 33.2 Å². The molecule has 21 heavy (non-hydrogen) atoms. The summed E-state index contributed by atoms with van der Waals surface area (Å²) in [5.74, 6) is -1.59. The van der Waals surface area contributed by atoms with Crippen LogP contribution in [0.3, 0.4) is 0 Å². The van der Waals surface area contributed by atoms with Gasteiger partial charge in [0, 0.05) is 5.56 Å². The van der Waals surface area contributed by atoms with Crippen LogP contribution in [-0.4, -0.2) is 16.9 Å². The van der Waals surface area contributed by atoms with E-state index in [2.05, 4.69) is 0 Å². The lowest BCUT2D eigenvalue weighted by atomic mass is 10.1. The van der Waals surface area contributed by atoms with E-state index < -0.39 is 11.8 Å². The number of aromatic carboxylic acids is 1. The first-order valence-electron chi connectivity index (χ1n) is 6.23. The maximum Gasteiger partial charge on any atom is 0.338 e. The summed E-state index contributed by atoms with van der Waals surface area (Å²) in [5, 5.41) is 8.74. The smallest absolute Gasteiger partial charge is 0.338 e. The van der Waals surface area contributed by atoms with E-state index in [1.807, 2.05) is 0 Å². The Morgan fingerprint density at radius 1 is 1.14 bits per heavy atom. The van der Waals surface area contributed by atoms with Gasteiger partial charge in [-0.15, -0.1) is 0 Å². The van der Waals surface area contributed by atoms with Crippen molar-refractivity contribution in [2.24, 2.45) is 0 Å². The number of hydrogen-bond acceptors (Lipinski definition) is 3. The van der Waals surface area contributed by atoms with Crippen LogP contribution in [0.2, 0.25) is 0 Å². The molecule has 0 saturated heterocycles. The zero-order chi connectivity index (χ0) is 15.4. The van der Waals surface area contributed by atoms with Gasteiger partial charge >= 0.3 is 5.97 Å². The number of carboxylic acids is 1. The average molecular weight is 288 g/mol. The van der Waals surface area contributed by atoms with E-state index in [4.69, 9.17) is 9.84 Å². The fourth-order valence-corrected chi connectivity index (χ4v) is 1.77. The number of halogens is 1. The molecule has 2 rings (SSSR count). The highest BCUT2D eigenvalue weighted by atomic mass is 19.1. The van der Waals surface area contributed by atoms with Crippen LogP contribution in [0.5, 0.6) is 5.75 Å². The third-order valence-corrected chi connectivity index (χ3v) is 2.93. The van der Waals surface area contributed by atoms with Gasteiger partial charge in [-0.3, -0.25) is 4.79 Å². The highest BCUT2D eigenvalue weighted by Crippen LogP contribution is 2.16. The number of ketones is 1. The summed E-state index contributed by atoms with van der Waals surface area (Å²) < 4.78 is 19.0. The Labute approximate surface area is 120 Å². The molecule has 1 N–H and O–H groups in total. The molecule has 108 valence electrons.